The summed E-state index contributed by atoms with van der Waals surface area (Å²) in [5, 5.41) is 15.4. The van der Waals surface area contributed by atoms with Crippen molar-refractivity contribution in [2.45, 2.75) is 12.5 Å². The Hall–Kier alpha value is -2.90. The van der Waals surface area contributed by atoms with E-state index in [1.54, 1.807) is 12.3 Å². The van der Waals surface area contributed by atoms with Crippen molar-refractivity contribution in [1.82, 2.24) is 15.2 Å². The maximum Gasteiger partial charge on any atom is 0.206 e. The number of aromatic nitrogens is 3. The molecule has 0 aliphatic carbocycles. The number of nitrogens with zero attached hydrogens (tertiary/aromatic N) is 3. The van der Waals surface area contributed by atoms with Crippen molar-refractivity contribution in [1.29, 1.82) is 0 Å². The minimum atomic E-state index is -0.243. The van der Waals surface area contributed by atoms with Gasteiger partial charge in [-0.25, -0.2) is 4.39 Å². The zero-order valence-corrected chi connectivity index (χ0v) is 15.3. The lowest BCUT2D eigenvalue weighted by Gasteiger charge is -2.12. The molecule has 2 heterocycles. The first kappa shape index (κ1) is 17.5. The van der Waals surface area contributed by atoms with Crippen LogP contribution in [0.3, 0.4) is 0 Å². The van der Waals surface area contributed by atoms with Crippen molar-refractivity contribution in [3.05, 3.63) is 72.3 Å². The van der Waals surface area contributed by atoms with Crippen molar-refractivity contribution in [3.8, 4) is 10.6 Å². The second-order valence-electron chi connectivity index (χ2n) is 6.32. The number of fused-ring (bicyclic) bond motifs is 1. The van der Waals surface area contributed by atoms with Crippen LogP contribution in [0.1, 0.15) is 5.56 Å². The van der Waals surface area contributed by atoms with Crippen molar-refractivity contribution in [3.63, 3.8) is 0 Å². The zero-order valence-electron chi connectivity index (χ0n) is 14.5. The summed E-state index contributed by atoms with van der Waals surface area (Å²) in [5.41, 5.74) is 8.05. The summed E-state index contributed by atoms with van der Waals surface area (Å²) in [6.07, 6.45) is 4.21. The summed E-state index contributed by atoms with van der Waals surface area (Å²) in [6, 6.07) is 14.5. The Kier molecular flexibility index (Phi) is 5.04. The minimum Gasteiger partial charge on any atom is -0.359 e. The van der Waals surface area contributed by atoms with Crippen LogP contribution in [0.2, 0.25) is 0 Å². The van der Waals surface area contributed by atoms with E-state index in [1.807, 2.05) is 30.5 Å². The average Bonchev–Trinajstić information content (AvgIpc) is 3.15. The van der Waals surface area contributed by atoms with Gasteiger partial charge >= 0.3 is 0 Å². The van der Waals surface area contributed by atoms with E-state index in [0.29, 0.717) is 13.0 Å². The van der Waals surface area contributed by atoms with E-state index in [2.05, 4.69) is 26.6 Å². The third kappa shape index (κ3) is 4.27. The predicted octanol–water partition coefficient (Wildman–Crippen LogP) is 3.87. The van der Waals surface area contributed by atoms with E-state index < -0.39 is 0 Å². The predicted molar refractivity (Wildman–Crippen MR) is 107 cm³/mol. The maximum absolute atomic E-state index is 13.3. The second kappa shape index (κ2) is 7.77. The zero-order chi connectivity index (χ0) is 18.6. The number of halogens is 1. The molecule has 0 amide bonds. The summed E-state index contributed by atoms with van der Waals surface area (Å²) in [7, 11) is 0. The van der Waals surface area contributed by atoms with Crippen LogP contribution >= 0.6 is 11.3 Å². The Morgan fingerprint density at radius 3 is 2.89 bits per heavy atom. The van der Waals surface area contributed by atoms with Crippen molar-refractivity contribution in [2.24, 2.45) is 5.73 Å². The van der Waals surface area contributed by atoms with Gasteiger partial charge < -0.3 is 11.1 Å². The van der Waals surface area contributed by atoms with E-state index >= 15 is 0 Å². The summed E-state index contributed by atoms with van der Waals surface area (Å²) in [6.45, 7) is 0.536. The van der Waals surface area contributed by atoms with Gasteiger partial charge in [0.15, 0.2) is 0 Å². The van der Waals surface area contributed by atoms with Crippen LogP contribution in [-0.2, 0) is 6.42 Å². The molecular formula is C20H18FN5S. The fraction of sp³-hybridized carbons (Fsp3) is 0.150. The Morgan fingerprint density at radius 2 is 2.00 bits per heavy atom. The lowest BCUT2D eigenvalue weighted by molar-refractivity contribution is 0.621. The Labute approximate surface area is 160 Å². The normalized spacial score (nSPS) is 12.2. The Morgan fingerprint density at radius 1 is 1.07 bits per heavy atom. The van der Waals surface area contributed by atoms with E-state index in [9.17, 15) is 4.39 Å². The van der Waals surface area contributed by atoms with Gasteiger partial charge in [0.2, 0.25) is 5.13 Å². The Bertz CT molecular complexity index is 1060. The number of rotatable bonds is 6. The summed E-state index contributed by atoms with van der Waals surface area (Å²) >= 11 is 1.48. The van der Waals surface area contributed by atoms with Crippen LogP contribution in [0.4, 0.5) is 9.52 Å². The molecule has 136 valence electrons. The molecule has 2 aromatic carbocycles. The molecule has 0 saturated carbocycles. The quantitative estimate of drug-likeness (QED) is 0.532. The largest absolute Gasteiger partial charge is 0.359 e. The molecule has 2 aromatic heterocycles. The van der Waals surface area contributed by atoms with Crippen LogP contribution in [0.15, 0.2) is 60.9 Å². The molecule has 0 bridgehead atoms. The van der Waals surface area contributed by atoms with Crippen LogP contribution in [0, 0.1) is 5.82 Å². The topological polar surface area (TPSA) is 76.7 Å². The van der Waals surface area contributed by atoms with E-state index in [-0.39, 0.29) is 11.9 Å². The smallest absolute Gasteiger partial charge is 0.206 e. The standard InChI is InChI=1S/C20H18FN5S/c21-17-3-1-2-13(8-17)9-18(22)12-24-20-26-25-19(27-20)15-4-5-16-11-23-7-6-14(16)10-15/h1-8,10-11,18H,9,12,22H2,(H,24,26)/t18-/m0/s1. The monoisotopic (exact) mass is 379 g/mol. The highest BCUT2D eigenvalue weighted by Gasteiger charge is 2.10. The van der Waals surface area contributed by atoms with Gasteiger partial charge in [0.25, 0.3) is 0 Å². The molecule has 7 heteroatoms. The molecule has 0 spiro atoms. The van der Waals surface area contributed by atoms with Crippen molar-refractivity contribution >= 4 is 27.2 Å². The van der Waals surface area contributed by atoms with Crippen LogP contribution in [0.5, 0.6) is 0 Å². The first-order valence-electron chi connectivity index (χ1n) is 8.59. The molecule has 0 aliphatic rings. The highest BCUT2D eigenvalue weighted by Crippen LogP contribution is 2.28. The molecule has 5 nitrogen and oxygen atoms in total. The Balaban J connectivity index is 1.40. The fourth-order valence-electron chi connectivity index (χ4n) is 2.88. The highest BCUT2D eigenvalue weighted by molar-refractivity contribution is 7.18. The first-order valence-corrected chi connectivity index (χ1v) is 9.40. The molecule has 27 heavy (non-hydrogen) atoms. The molecule has 3 N–H and O–H groups in total. The number of pyridine rings is 1. The SMILES string of the molecule is N[C@H](CNc1nnc(-c2ccc3cnccc3c2)s1)Cc1cccc(F)c1. The van der Waals surface area contributed by atoms with Gasteiger partial charge in [0.1, 0.15) is 10.8 Å². The molecule has 1 atom stereocenters. The summed E-state index contributed by atoms with van der Waals surface area (Å²) < 4.78 is 13.3. The molecule has 4 aromatic rings. The number of nitrogens with two attached hydrogens (primary N) is 1. The van der Waals surface area contributed by atoms with Crippen LogP contribution < -0.4 is 11.1 Å². The van der Waals surface area contributed by atoms with Gasteiger partial charge in [-0.1, -0.05) is 35.6 Å². The minimum absolute atomic E-state index is 0.146. The molecule has 0 fully saturated rings. The van der Waals surface area contributed by atoms with Gasteiger partial charge in [0.05, 0.1) is 0 Å². The summed E-state index contributed by atoms with van der Waals surface area (Å²) in [5.74, 6) is -0.243. The van der Waals surface area contributed by atoms with Gasteiger partial charge in [0, 0.05) is 35.9 Å². The van der Waals surface area contributed by atoms with E-state index in [1.165, 1.54) is 23.5 Å². The lowest BCUT2D eigenvalue weighted by atomic mass is 10.1. The average molecular weight is 379 g/mol. The number of hydrogen-bond acceptors (Lipinski definition) is 6. The van der Waals surface area contributed by atoms with E-state index in [4.69, 9.17) is 5.73 Å². The molecule has 0 unspecified atom stereocenters. The van der Waals surface area contributed by atoms with Gasteiger partial charge in [-0.15, -0.1) is 10.2 Å². The van der Waals surface area contributed by atoms with Crippen molar-refractivity contribution < 1.29 is 4.39 Å². The lowest BCUT2D eigenvalue weighted by Crippen LogP contribution is -2.31. The van der Waals surface area contributed by atoms with Gasteiger partial charge in [-0.3, -0.25) is 4.98 Å². The molecule has 0 aliphatic heterocycles. The number of hydrogen-bond donors (Lipinski definition) is 2. The first-order chi connectivity index (χ1) is 13.2. The molecule has 4 rings (SSSR count). The van der Waals surface area contributed by atoms with Crippen molar-refractivity contribution in [2.75, 3.05) is 11.9 Å². The molecular weight excluding hydrogens is 361 g/mol. The van der Waals surface area contributed by atoms with Gasteiger partial charge in [-0.2, -0.15) is 0 Å². The molecule has 0 saturated heterocycles. The third-order valence-electron chi connectivity index (χ3n) is 4.21. The highest BCUT2D eigenvalue weighted by atomic mass is 32.1. The number of benzene rings is 2. The van der Waals surface area contributed by atoms with Crippen LogP contribution in [-0.4, -0.2) is 27.8 Å². The fourth-order valence-corrected chi connectivity index (χ4v) is 3.63. The summed E-state index contributed by atoms with van der Waals surface area (Å²) in [4.78, 5) is 4.13. The van der Waals surface area contributed by atoms with Gasteiger partial charge in [-0.05, 0) is 41.6 Å². The van der Waals surface area contributed by atoms with E-state index in [0.717, 1.165) is 32.0 Å². The second-order valence-corrected chi connectivity index (χ2v) is 7.30. The number of anilines is 1. The third-order valence-corrected chi connectivity index (χ3v) is 5.14. The maximum atomic E-state index is 13.3. The number of nitrogens with one attached hydrogen (secondary N) is 1. The van der Waals surface area contributed by atoms with Crippen LogP contribution in [0.25, 0.3) is 21.3 Å². The molecule has 0 radical (unpaired) electrons.